The summed E-state index contributed by atoms with van der Waals surface area (Å²) in [5.41, 5.74) is 14.0. The predicted octanol–water partition coefficient (Wildman–Crippen LogP) is 1.31. The number of nitrogens with two attached hydrogens (primary N) is 2. The second kappa shape index (κ2) is 4.25. The van der Waals surface area contributed by atoms with Gasteiger partial charge in [0.1, 0.15) is 5.82 Å². The second-order valence-corrected chi connectivity index (χ2v) is 4.62. The molecule has 1 heterocycles. The average molecular weight is 241 g/mol. The fourth-order valence-corrected chi connectivity index (χ4v) is 2.53. The molecule has 0 aliphatic heterocycles. The van der Waals surface area contributed by atoms with E-state index in [4.69, 9.17) is 11.5 Å². The Kier molecular flexibility index (Phi) is 2.59. The Morgan fingerprint density at radius 3 is 2.33 bits per heavy atom. The van der Waals surface area contributed by atoms with E-state index in [0.29, 0.717) is 0 Å². The van der Waals surface area contributed by atoms with E-state index in [2.05, 4.69) is 39.2 Å². The maximum Gasteiger partial charge on any atom is 0.225 e. The number of anilines is 2. The lowest BCUT2D eigenvalue weighted by atomic mass is 9.83. The molecule has 18 heavy (non-hydrogen) atoms. The number of nitrogens with zero attached hydrogens (tertiary/aromatic N) is 3. The fraction of sp³-hybridized carbons (Fsp3) is 0.308. The summed E-state index contributed by atoms with van der Waals surface area (Å²) in [7, 11) is 0. The summed E-state index contributed by atoms with van der Waals surface area (Å²) in [6, 6.07) is 8.49. The number of aryl methyl sites for hydroxylation is 1. The molecule has 0 fully saturated rings. The van der Waals surface area contributed by atoms with Crippen molar-refractivity contribution in [1.29, 1.82) is 0 Å². The van der Waals surface area contributed by atoms with Gasteiger partial charge in [-0.15, -0.1) is 0 Å². The van der Waals surface area contributed by atoms with Crippen LogP contribution in [0.5, 0.6) is 0 Å². The topological polar surface area (TPSA) is 90.7 Å². The highest BCUT2D eigenvalue weighted by molar-refractivity contribution is 5.33. The van der Waals surface area contributed by atoms with Gasteiger partial charge in [-0.2, -0.15) is 15.0 Å². The predicted molar refractivity (Wildman–Crippen MR) is 69.9 cm³/mol. The Labute approximate surface area is 105 Å². The van der Waals surface area contributed by atoms with Crippen molar-refractivity contribution < 1.29 is 0 Å². The molecule has 1 unspecified atom stereocenters. The molecule has 1 aliphatic carbocycles. The number of rotatable bonds is 1. The van der Waals surface area contributed by atoms with Gasteiger partial charge in [0.05, 0.1) is 0 Å². The van der Waals surface area contributed by atoms with E-state index in [-0.39, 0.29) is 17.8 Å². The zero-order chi connectivity index (χ0) is 12.5. The minimum Gasteiger partial charge on any atom is -0.368 e. The first-order valence-corrected chi connectivity index (χ1v) is 6.06. The molecule has 1 aromatic heterocycles. The van der Waals surface area contributed by atoms with Gasteiger partial charge in [0, 0.05) is 5.92 Å². The summed E-state index contributed by atoms with van der Waals surface area (Å²) in [6.45, 7) is 0. The molecule has 0 saturated carbocycles. The maximum absolute atomic E-state index is 5.62. The van der Waals surface area contributed by atoms with Gasteiger partial charge in [0.25, 0.3) is 0 Å². The zero-order valence-corrected chi connectivity index (χ0v) is 10.0. The lowest BCUT2D eigenvalue weighted by Gasteiger charge is -2.23. The summed E-state index contributed by atoms with van der Waals surface area (Å²) in [4.78, 5) is 12.2. The molecule has 0 bridgehead atoms. The van der Waals surface area contributed by atoms with Gasteiger partial charge in [-0.05, 0) is 30.4 Å². The molecule has 4 N–H and O–H groups in total. The molecule has 1 atom stereocenters. The van der Waals surface area contributed by atoms with E-state index < -0.39 is 0 Å². The van der Waals surface area contributed by atoms with Gasteiger partial charge in [0.15, 0.2) is 0 Å². The normalized spacial score (nSPS) is 18.3. The molecule has 2 aromatic rings. The van der Waals surface area contributed by atoms with E-state index in [9.17, 15) is 0 Å². The van der Waals surface area contributed by atoms with Crippen molar-refractivity contribution in [2.75, 3.05) is 11.5 Å². The summed E-state index contributed by atoms with van der Waals surface area (Å²) >= 11 is 0. The highest BCUT2D eigenvalue weighted by Crippen LogP contribution is 2.31. The molecular weight excluding hydrogens is 226 g/mol. The third-order valence-corrected chi connectivity index (χ3v) is 3.40. The minimum absolute atomic E-state index is 0.205. The monoisotopic (exact) mass is 241 g/mol. The first-order valence-electron chi connectivity index (χ1n) is 6.06. The zero-order valence-electron chi connectivity index (χ0n) is 10.0. The van der Waals surface area contributed by atoms with Gasteiger partial charge >= 0.3 is 0 Å². The molecular formula is C13H15N5. The average Bonchev–Trinajstić information content (AvgIpc) is 2.37. The quantitative estimate of drug-likeness (QED) is 0.785. The van der Waals surface area contributed by atoms with Crippen LogP contribution in [0.3, 0.4) is 0 Å². The summed E-state index contributed by atoms with van der Waals surface area (Å²) < 4.78 is 0. The molecule has 0 saturated heterocycles. The van der Waals surface area contributed by atoms with Crippen molar-refractivity contribution in [3.05, 3.63) is 41.2 Å². The highest BCUT2D eigenvalue weighted by Gasteiger charge is 2.22. The first kappa shape index (κ1) is 11.0. The van der Waals surface area contributed by atoms with Crippen LogP contribution in [0.25, 0.3) is 0 Å². The van der Waals surface area contributed by atoms with Gasteiger partial charge in [-0.25, -0.2) is 0 Å². The van der Waals surface area contributed by atoms with E-state index >= 15 is 0 Å². The van der Waals surface area contributed by atoms with Crippen molar-refractivity contribution in [2.45, 2.75) is 25.2 Å². The summed E-state index contributed by atoms with van der Waals surface area (Å²) in [5.74, 6) is 1.41. The summed E-state index contributed by atoms with van der Waals surface area (Å²) in [6.07, 6.45) is 3.02. The number of hydrogen-bond acceptors (Lipinski definition) is 5. The van der Waals surface area contributed by atoms with Crippen LogP contribution in [-0.2, 0) is 12.8 Å². The van der Waals surface area contributed by atoms with Crippen LogP contribution in [0.1, 0.15) is 29.3 Å². The van der Waals surface area contributed by atoms with E-state index in [1.54, 1.807) is 0 Å². The van der Waals surface area contributed by atoms with Gasteiger partial charge in [0.2, 0.25) is 11.9 Å². The molecule has 92 valence electrons. The molecule has 0 amide bonds. The Morgan fingerprint density at radius 1 is 0.944 bits per heavy atom. The van der Waals surface area contributed by atoms with Crippen LogP contribution in [0.4, 0.5) is 11.9 Å². The Balaban J connectivity index is 1.91. The van der Waals surface area contributed by atoms with Crippen molar-refractivity contribution in [3.63, 3.8) is 0 Å². The largest absolute Gasteiger partial charge is 0.368 e. The standard InChI is InChI=1S/C13H15N5/c14-12-16-11(17-13(15)18-12)10-6-5-8-3-1-2-4-9(8)7-10/h1-4,10H,5-7H2,(H4,14,15,16,17,18). The lowest BCUT2D eigenvalue weighted by Crippen LogP contribution is -2.17. The van der Waals surface area contributed by atoms with Crippen LogP contribution in [0.15, 0.2) is 24.3 Å². The Morgan fingerprint density at radius 2 is 1.61 bits per heavy atom. The third kappa shape index (κ3) is 1.99. The van der Waals surface area contributed by atoms with E-state index in [0.717, 1.165) is 25.1 Å². The Hall–Kier alpha value is -2.17. The first-order chi connectivity index (χ1) is 8.72. The SMILES string of the molecule is Nc1nc(N)nc(C2CCc3ccccc3C2)n1. The van der Waals surface area contributed by atoms with Gasteiger partial charge in [-0.1, -0.05) is 24.3 Å². The molecule has 3 rings (SSSR count). The molecule has 1 aliphatic rings. The maximum atomic E-state index is 5.62. The number of aromatic nitrogens is 3. The molecule has 5 heteroatoms. The number of hydrogen-bond donors (Lipinski definition) is 2. The smallest absolute Gasteiger partial charge is 0.225 e. The Bertz CT molecular complexity index is 561. The number of nitrogen functional groups attached to an aromatic ring is 2. The van der Waals surface area contributed by atoms with Crippen LogP contribution in [-0.4, -0.2) is 15.0 Å². The molecule has 0 spiro atoms. The number of fused-ring (bicyclic) bond motifs is 1. The fourth-order valence-electron chi connectivity index (χ4n) is 2.53. The van der Waals surface area contributed by atoms with Crippen molar-refractivity contribution in [1.82, 2.24) is 15.0 Å². The highest BCUT2D eigenvalue weighted by atomic mass is 15.1. The molecule has 0 radical (unpaired) electrons. The van der Waals surface area contributed by atoms with Gasteiger partial charge < -0.3 is 11.5 Å². The molecule has 1 aromatic carbocycles. The van der Waals surface area contributed by atoms with Crippen molar-refractivity contribution in [3.8, 4) is 0 Å². The van der Waals surface area contributed by atoms with Crippen molar-refractivity contribution in [2.24, 2.45) is 0 Å². The van der Waals surface area contributed by atoms with Crippen molar-refractivity contribution >= 4 is 11.9 Å². The van der Waals surface area contributed by atoms with E-state index in [1.807, 2.05) is 0 Å². The second-order valence-electron chi connectivity index (χ2n) is 4.62. The lowest BCUT2D eigenvalue weighted by molar-refractivity contribution is 0.554. The van der Waals surface area contributed by atoms with E-state index in [1.165, 1.54) is 11.1 Å². The van der Waals surface area contributed by atoms with Crippen LogP contribution in [0.2, 0.25) is 0 Å². The molecule has 5 nitrogen and oxygen atoms in total. The van der Waals surface area contributed by atoms with Gasteiger partial charge in [-0.3, -0.25) is 0 Å². The minimum atomic E-state index is 0.205. The van der Waals surface area contributed by atoms with Crippen LogP contribution >= 0.6 is 0 Å². The third-order valence-electron chi connectivity index (χ3n) is 3.40. The summed E-state index contributed by atoms with van der Waals surface area (Å²) in [5, 5.41) is 0. The van der Waals surface area contributed by atoms with Crippen LogP contribution in [0, 0.1) is 0 Å². The number of benzene rings is 1. The van der Waals surface area contributed by atoms with Crippen LogP contribution < -0.4 is 11.5 Å².